The lowest BCUT2D eigenvalue weighted by Gasteiger charge is -2.62. The maximum absolute atomic E-state index is 12.6. The maximum atomic E-state index is 12.6. The third-order valence-electron chi connectivity index (χ3n) is 6.69. The molecule has 3 aliphatic rings. The molecule has 0 saturated heterocycles. The Labute approximate surface area is 178 Å². The van der Waals surface area contributed by atoms with Crippen LogP contribution in [0.1, 0.15) is 41.0 Å². The first-order valence-electron chi connectivity index (χ1n) is 10.7. The smallest absolute Gasteiger partial charge is 0.270 e. The number of fused-ring (bicyclic) bond motifs is 2. The average Bonchev–Trinajstić information content (AvgIpc) is 3.12. The SMILES string of the molecule is O=C(NCc1ccc2cc(CNC34CC(C3)C4)[nH]c2c1)c1cc(=O)n2ccccc2n1. The number of carbonyl (C=O) groups is 1. The van der Waals surface area contributed by atoms with Crippen LogP contribution in [-0.4, -0.2) is 25.8 Å². The monoisotopic (exact) mass is 413 g/mol. The van der Waals surface area contributed by atoms with Crippen LogP contribution < -0.4 is 16.2 Å². The molecule has 2 bridgehead atoms. The van der Waals surface area contributed by atoms with Crippen LogP contribution in [0.3, 0.4) is 0 Å². The van der Waals surface area contributed by atoms with Gasteiger partial charge in [0.1, 0.15) is 11.3 Å². The molecule has 3 heterocycles. The lowest BCUT2D eigenvalue weighted by Crippen LogP contribution is -2.66. The Morgan fingerprint density at radius 3 is 2.81 bits per heavy atom. The third-order valence-corrected chi connectivity index (χ3v) is 6.69. The molecule has 156 valence electrons. The van der Waals surface area contributed by atoms with Crippen LogP contribution in [-0.2, 0) is 13.1 Å². The highest BCUT2D eigenvalue weighted by Gasteiger charge is 2.55. The fourth-order valence-electron chi connectivity index (χ4n) is 4.86. The number of amides is 1. The van der Waals surface area contributed by atoms with Gasteiger partial charge in [-0.05, 0) is 60.4 Å². The number of nitrogens with zero attached hydrogens (tertiary/aromatic N) is 2. The molecule has 0 unspecified atom stereocenters. The molecule has 3 fully saturated rings. The first kappa shape index (κ1) is 18.3. The van der Waals surface area contributed by atoms with E-state index in [4.69, 9.17) is 0 Å². The summed E-state index contributed by atoms with van der Waals surface area (Å²) >= 11 is 0. The van der Waals surface area contributed by atoms with E-state index in [0.717, 1.165) is 28.9 Å². The van der Waals surface area contributed by atoms with Crippen molar-refractivity contribution in [2.75, 3.05) is 0 Å². The summed E-state index contributed by atoms with van der Waals surface area (Å²) in [5.41, 5.74) is 3.94. The minimum Gasteiger partial charge on any atom is -0.357 e. The van der Waals surface area contributed by atoms with Crippen LogP contribution in [0.4, 0.5) is 0 Å². The Hall–Kier alpha value is -3.45. The molecule has 7 heteroatoms. The van der Waals surface area contributed by atoms with Gasteiger partial charge in [-0.1, -0.05) is 18.2 Å². The molecule has 0 atom stereocenters. The van der Waals surface area contributed by atoms with Crippen LogP contribution in [0, 0.1) is 5.92 Å². The topological polar surface area (TPSA) is 91.3 Å². The number of benzene rings is 1. The van der Waals surface area contributed by atoms with Gasteiger partial charge in [0.15, 0.2) is 0 Å². The van der Waals surface area contributed by atoms with Crippen LogP contribution in [0.15, 0.2) is 59.5 Å². The van der Waals surface area contributed by atoms with Gasteiger partial charge >= 0.3 is 0 Å². The largest absolute Gasteiger partial charge is 0.357 e. The molecule has 31 heavy (non-hydrogen) atoms. The molecule has 3 aromatic heterocycles. The Kier molecular flexibility index (Phi) is 4.01. The summed E-state index contributed by atoms with van der Waals surface area (Å²) in [6.45, 7) is 1.22. The number of rotatable bonds is 6. The summed E-state index contributed by atoms with van der Waals surface area (Å²) in [6, 6.07) is 14.8. The standard InChI is InChI=1S/C24H23N5O2/c30-22-9-20(28-21-3-1-2-6-29(21)22)23(31)25-13-15-4-5-17-8-18(27-19(17)7-15)14-26-24-10-16(11-24)12-24/h1-9,16,26-27H,10-14H2,(H,25,31). The molecular weight excluding hydrogens is 390 g/mol. The lowest BCUT2D eigenvalue weighted by atomic mass is 9.50. The second kappa shape index (κ2) is 6.78. The quantitative estimate of drug-likeness (QED) is 0.453. The van der Waals surface area contributed by atoms with Gasteiger partial charge in [-0.25, -0.2) is 4.98 Å². The van der Waals surface area contributed by atoms with E-state index in [2.05, 4.69) is 38.8 Å². The summed E-state index contributed by atoms with van der Waals surface area (Å²) in [4.78, 5) is 32.5. The number of pyridine rings is 1. The summed E-state index contributed by atoms with van der Waals surface area (Å²) < 4.78 is 1.41. The molecule has 0 radical (unpaired) electrons. The van der Waals surface area contributed by atoms with Gasteiger partial charge in [0, 0.05) is 42.1 Å². The van der Waals surface area contributed by atoms with E-state index in [9.17, 15) is 9.59 Å². The molecule has 1 aromatic carbocycles. The maximum Gasteiger partial charge on any atom is 0.270 e. The van der Waals surface area contributed by atoms with Crippen LogP contribution in [0.2, 0.25) is 0 Å². The predicted molar refractivity (Wildman–Crippen MR) is 118 cm³/mol. The van der Waals surface area contributed by atoms with Gasteiger partial charge in [0.2, 0.25) is 0 Å². The fourth-order valence-corrected chi connectivity index (χ4v) is 4.86. The van der Waals surface area contributed by atoms with Crippen molar-refractivity contribution in [2.45, 2.75) is 37.9 Å². The van der Waals surface area contributed by atoms with Crippen molar-refractivity contribution in [1.29, 1.82) is 0 Å². The summed E-state index contributed by atoms with van der Waals surface area (Å²) in [5.74, 6) is 0.607. The van der Waals surface area contributed by atoms with Gasteiger partial charge in [-0.2, -0.15) is 0 Å². The summed E-state index contributed by atoms with van der Waals surface area (Å²) in [6.07, 6.45) is 5.62. The first-order valence-corrected chi connectivity index (χ1v) is 10.7. The van der Waals surface area contributed by atoms with E-state index in [1.54, 1.807) is 24.4 Å². The Morgan fingerprint density at radius 2 is 2.00 bits per heavy atom. The van der Waals surface area contributed by atoms with Gasteiger partial charge in [-0.15, -0.1) is 0 Å². The summed E-state index contributed by atoms with van der Waals surface area (Å²) in [5, 5.41) is 7.74. The van der Waals surface area contributed by atoms with Crippen molar-refractivity contribution in [2.24, 2.45) is 5.92 Å². The molecule has 0 spiro atoms. The van der Waals surface area contributed by atoms with E-state index >= 15 is 0 Å². The van der Waals surface area contributed by atoms with Crippen molar-refractivity contribution in [3.63, 3.8) is 0 Å². The predicted octanol–water partition coefficient (Wildman–Crippen LogP) is 2.75. The molecule has 1 amide bonds. The number of hydrogen-bond acceptors (Lipinski definition) is 4. The van der Waals surface area contributed by atoms with E-state index in [-0.39, 0.29) is 17.2 Å². The zero-order chi connectivity index (χ0) is 21.0. The highest BCUT2D eigenvalue weighted by Crippen LogP contribution is 2.56. The molecule has 4 aromatic rings. The van der Waals surface area contributed by atoms with E-state index in [1.165, 1.54) is 35.4 Å². The molecule has 3 saturated carbocycles. The van der Waals surface area contributed by atoms with Crippen molar-refractivity contribution in [3.05, 3.63) is 82.0 Å². The number of carbonyl (C=O) groups excluding carboxylic acids is 1. The first-order chi connectivity index (χ1) is 15.1. The van der Waals surface area contributed by atoms with Gasteiger partial charge in [0.25, 0.3) is 11.5 Å². The second-order valence-corrected chi connectivity index (χ2v) is 8.92. The molecule has 7 nitrogen and oxygen atoms in total. The number of aromatic nitrogens is 3. The van der Waals surface area contributed by atoms with E-state index < -0.39 is 0 Å². The highest BCUT2D eigenvalue weighted by atomic mass is 16.2. The summed E-state index contributed by atoms with van der Waals surface area (Å²) in [7, 11) is 0. The third kappa shape index (κ3) is 3.21. The molecule has 7 rings (SSSR count). The molecule has 0 aliphatic heterocycles. The van der Waals surface area contributed by atoms with Crippen molar-refractivity contribution in [1.82, 2.24) is 25.0 Å². The number of aromatic amines is 1. The van der Waals surface area contributed by atoms with E-state index in [1.807, 2.05) is 6.07 Å². The van der Waals surface area contributed by atoms with Crippen LogP contribution >= 0.6 is 0 Å². The zero-order valence-corrected chi connectivity index (χ0v) is 17.0. The lowest BCUT2D eigenvalue weighted by molar-refractivity contribution is -0.0521. The average molecular weight is 413 g/mol. The molecular formula is C24H23N5O2. The van der Waals surface area contributed by atoms with Gasteiger partial charge in [-0.3, -0.25) is 14.0 Å². The van der Waals surface area contributed by atoms with Crippen LogP contribution in [0.5, 0.6) is 0 Å². The van der Waals surface area contributed by atoms with Crippen molar-refractivity contribution >= 4 is 22.5 Å². The zero-order valence-electron chi connectivity index (χ0n) is 17.0. The van der Waals surface area contributed by atoms with E-state index in [0.29, 0.717) is 17.7 Å². The Balaban J connectivity index is 1.14. The van der Waals surface area contributed by atoms with Crippen molar-refractivity contribution in [3.8, 4) is 0 Å². The Morgan fingerprint density at radius 1 is 1.13 bits per heavy atom. The van der Waals surface area contributed by atoms with Gasteiger partial charge in [0.05, 0.1) is 0 Å². The molecule has 3 aliphatic carbocycles. The minimum absolute atomic E-state index is 0.124. The highest BCUT2D eigenvalue weighted by molar-refractivity contribution is 5.92. The normalized spacial score (nSPS) is 21.6. The molecule has 3 N–H and O–H groups in total. The van der Waals surface area contributed by atoms with Gasteiger partial charge < -0.3 is 15.6 Å². The number of nitrogens with one attached hydrogen (secondary N) is 3. The second-order valence-electron chi connectivity index (χ2n) is 8.92. The minimum atomic E-state index is -0.363. The Bertz CT molecular complexity index is 1370. The number of hydrogen-bond donors (Lipinski definition) is 3. The number of H-pyrrole nitrogens is 1. The van der Waals surface area contributed by atoms with Crippen molar-refractivity contribution < 1.29 is 4.79 Å². The fraction of sp³-hybridized carbons (Fsp3) is 0.292. The van der Waals surface area contributed by atoms with Crippen LogP contribution in [0.25, 0.3) is 16.6 Å².